The molecule has 23 heavy (non-hydrogen) atoms. The van der Waals surface area contributed by atoms with Crippen LogP contribution in [0.5, 0.6) is 0 Å². The summed E-state index contributed by atoms with van der Waals surface area (Å²) < 4.78 is 2.05. The van der Waals surface area contributed by atoms with Crippen molar-refractivity contribution >= 4 is 5.91 Å². The zero-order chi connectivity index (χ0) is 14.7. The highest BCUT2D eigenvalue weighted by molar-refractivity contribution is 5.94. The second kappa shape index (κ2) is 8.98. The molecule has 0 saturated carbocycles. The minimum Gasteiger partial charge on any atom is -1.00 e. The molecule has 4 nitrogen and oxygen atoms in total. The molecule has 2 heterocycles. The van der Waals surface area contributed by atoms with Gasteiger partial charge in [-0.3, -0.25) is 4.79 Å². The van der Waals surface area contributed by atoms with Crippen molar-refractivity contribution in [1.82, 2.24) is 4.90 Å². The molecule has 3 rings (SSSR count). The maximum absolute atomic E-state index is 12.8. The lowest BCUT2D eigenvalue weighted by Crippen LogP contribution is -3.00. The summed E-state index contributed by atoms with van der Waals surface area (Å²) in [4.78, 5) is 14.8. The molecule has 0 aliphatic carbocycles. The minimum atomic E-state index is 0. The lowest BCUT2D eigenvalue weighted by molar-refractivity contribution is -0.672. The summed E-state index contributed by atoms with van der Waals surface area (Å²) in [6.07, 6.45) is 7.47. The number of nitrogens with zero attached hydrogens (tertiary/aromatic N) is 2. The lowest BCUT2D eigenvalue weighted by Gasteiger charge is -2.35. The molecule has 1 aliphatic heterocycles. The molecule has 1 aliphatic rings. The molecule has 0 spiro atoms. The van der Waals surface area contributed by atoms with Crippen LogP contribution in [0.2, 0.25) is 0 Å². The van der Waals surface area contributed by atoms with Crippen LogP contribution in [0.1, 0.15) is 41.2 Å². The molecule has 0 radical (unpaired) electrons. The number of carbonyl (C=O) groups is 1. The van der Waals surface area contributed by atoms with Crippen LogP contribution < -0.4 is 28.5 Å². The highest BCUT2D eigenvalue weighted by Gasteiger charge is 2.29. The summed E-state index contributed by atoms with van der Waals surface area (Å²) in [6.45, 7) is 0.844. The number of hydrogen-bond donors (Lipinski definition) is 0. The van der Waals surface area contributed by atoms with Gasteiger partial charge in [-0.25, -0.2) is 4.57 Å². The van der Waals surface area contributed by atoms with Crippen LogP contribution in [0.15, 0.2) is 54.9 Å². The van der Waals surface area contributed by atoms with Crippen LogP contribution in [0, 0.1) is 0 Å². The Morgan fingerprint density at radius 2 is 1.87 bits per heavy atom. The molecule has 2 aromatic rings. The van der Waals surface area contributed by atoms with Crippen LogP contribution in [-0.2, 0) is 7.05 Å². The third-order valence-corrected chi connectivity index (χ3v) is 4.13. The van der Waals surface area contributed by atoms with E-state index in [-0.39, 0.29) is 41.4 Å². The van der Waals surface area contributed by atoms with E-state index in [0.717, 1.165) is 24.9 Å². The molecule has 1 aromatic heterocycles. The SMILES string of the molecule is C[n+]1cccc(C2CCCCN2C(=O)c2ccccc2)c1.O.[I-]. The monoisotopic (exact) mass is 426 g/mol. The van der Waals surface area contributed by atoms with Gasteiger partial charge >= 0.3 is 0 Å². The second-order valence-electron chi connectivity index (χ2n) is 5.68. The fourth-order valence-corrected chi connectivity index (χ4v) is 3.08. The average Bonchev–Trinajstić information content (AvgIpc) is 2.55. The van der Waals surface area contributed by atoms with Gasteiger partial charge in [-0.2, -0.15) is 0 Å². The van der Waals surface area contributed by atoms with E-state index in [2.05, 4.69) is 22.9 Å². The Labute approximate surface area is 154 Å². The molecule has 1 saturated heterocycles. The molecule has 0 bridgehead atoms. The van der Waals surface area contributed by atoms with E-state index in [9.17, 15) is 4.79 Å². The van der Waals surface area contributed by atoms with Crippen LogP contribution in [0.4, 0.5) is 0 Å². The van der Waals surface area contributed by atoms with Crippen LogP contribution >= 0.6 is 0 Å². The van der Waals surface area contributed by atoms with Gasteiger partial charge in [-0.05, 0) is 37.5 Å². The van der Waals surface area contributed by atoms with Crippen molar-refractivity contribution < 1.29 is 38.8 Å². The third kappa shape index (κ3) is 4.51. The topological polar surface area (TPSA) is 55.7 Å². The first-order valence-electron chi connectivity index (χ1n) is 7.57. The van der Waals surface area contributed by atoms with Crippen molar-refractivity contribution in [2.75, 3.05) is 6.54 Å². The predicted octanol–water partition coefficient (Wildman–Crippen LogP) is -0.942. The van der Waals surface area contributed by atoms with E-state index >= 15 is 0 Å². The molecule has 1 unspecified atom stereocenters. The number of benzene rings is 1. The van der Waals surface area contributed by atoms with Crippen molar-refractivity contribution in [2.24, 2.45) is 7.05 Å². The van der Waals surface area contributed by atoms with E-state index in [1.807, 2.05) is 48.5 Å². The summed E-state index contributed by atoms with van der Waals surface area (Å²) in [5.41, 5.74) is 2.01. The van der Waals surface area contributed by atoms with Gasteiger partial charge in [-0.1, -0.05) is 18.2 Å². The number of amides is 1. The highest BCUT2D eigenvalue weighted by atomic mass is 127. The lowest BCUT2D eigenvalue weighted by atomic mass is 9.95. The smallest absolute Gasteiger partial charge is 0.254 e. The maximum atomic E-state index is 12.8. The highest BCUT2D eigenvalue weighted by Crippen LogP contribution is 2.31. The fraction of sp³-hybridized carbons (Fsp3) is 0.333. The number of rotatable bonds is 2. The number of aromatic nitrogens is 1. The Kier molecular flexibility index (Phi) is 7.64. The van der Waals surface area contributed by atoms with E-state index in [1.165, 1.54) is 12.0 Å². The number of likely N-dealkylation sites (tertiary alicyclic amines) is 1. The van der Waals surface area contributed by atoms with Gasteiger partial charge in [0.2, 0.25) is 0 Å². The summed E-state index contributed by atoms with van der Waals surface area (Å²) in [6, 6.07) is 14.0. The molecule has 5 heteroatoms. The summed E-state index contributed by atoms with van der Waals surface area (Å²) in [5, 5.41) is 0. The summed E-state index contributed by atoms with van der Waals surface area (Å²) >= 11 is 0. The molecule has 1 atom stereocenters. The molecular weight excluding hydrogens is 403 g/mol. The number of piperidine rings is 1. The first-order valence-corrected chi connectivity index (χ1v) is 7.57. The summed E-state index contributed by atoms with van der Waals surface area (Å²) in [5.74, 6) is 0.145. The predicted molar refractivity (Wildman–Crippen MR) is 85.3 cm³/mol. The van der Waals surface area contributed by atoms with E-state index < -0.39 is 0 Å². The van der Waals surface area contributed by atoms with Gasteiger partial charge in [-0.15, -0.1) is 0 Å². The Balaban J connectivity index is 0.00000132. The standard InChI is InChI=1S/C18H21N2O.HI.H2O/c1-19-12-7-10-16(14-19)17-11-5-6-13-20(17)18(21)15-8-3-2-4-9-15;;/h2-4,7-10,12,14,17H,5-6,11,13H2,1H3;1H;1H2/q+1;;/p-1. The molecule has 2 N–H and O–H groups in total. The average molecular weight is 426 g/mol. The van der Waals surface area contributed by atoms with E-state index in [4.69, 9.17) is 0 Å². The number of carbonyl (C=O) groups excluding carboxylic acids is 1. The second-order valence-corrected chi connectivity index (χ2v) is 5.68. The quantitative estimate of drug-likeness (QED) is 0.452. The fourth-order valence-electron chi connectivity index (χ4n) is 3.08. The Hall–Kier alpha value is -1.47. The van der Waals surface area contributed by atoms with Crippen molar-refractivity contribution in [3.05, 3.63) is 66.0 Å². The third-order valence-electron chi connectivity index (χ3n) is 4.13. The Bertz CT molecular complexity index is 634. The molecule has 1 aromatic carbocycles. The van der Waals surface area contributed by atoms with E-state index in [1.54, 1.807) is 0 Å². The molecule has 1 amide bonds. The van der Waals surface area contributed by atoms with Gasteiger partial charge in [0.15, 0.2) is 12.4 Å². The van der Waals surface area contributed by atoms with E-state index in [0.29, 0.717) is 0 Å². The van der Waals surface area contributed by atoms with Crippen LogP contribution in [0.25, 0.3) is 0 Å². The van der Waals surface area contributed by atoms with Crippen molar-refractivity contribution in [1.29, 1.82) is 0 Å². The normalized spacial score (nSPS) is 16.9. The first-order chi connectivity index (χ1) is 10.3. The largest absolute Gasteiger partial charge is 1.00 e. The summed E-state index contributed by atoms with van der Waals surface area (Å²) in [7, 11) is 2.02. The van der Waals surface area contributed by atoms with Crippen LogP contribution in [0.3, 0.4) is 0 Å². The number of pyridine rings is 1. The Morgan fingerprint density at radius 3 is 2.57 bits per heavy atom. The first kappa shape index (κ1) is 19.6. The molecule has 1 fully saturated rings. The van der Waals surface area contributed by atoms with Gasteiger partial charge in [0.05, 0.1) is 6.04 Å². The Morgan fingerprint density at radius 1 is 1.13 bits per heavy atom. The van der Waals surface area contributed by atoms with Gasteiger partial charge < -0.3 is 34.4 Å². The van der Waals surface area contributed by atoms with Crippen molar-refractivity contribution in [2.45, 2.75) is 25.3 Å². The van der Waals surface area contributed by atoms with Gasteiger partial charge in [0, 0.05) is 23.7 Å². The zero-order valence-corrected chi connectivity index (χ0v) is 15.4. The van der Waals surface area contributed by atoms with Gasteiger partial charge in [0.25, 0.3) is 5.91 Å². The number of hydrogen-bond acceptors (Lipinski definition) is 1. The van der Waals surface area contributed by atoms with Crippen LogP contribution in [-0.4, -0.2) is 22.8 Å². The number of halogens is 1. The number of aryl methyl sites for hydroxylation is 1. The van der Waals surface area contributed by atoms with Gasteiger partial charge in [0.1, 0.15) is 7.05 Å². The van der Waals surface area contributed by atoms with Crippen molar-refractivity contribution in [3.8, 4) is 0 Å². The molecule has 124 valence electrons. The zero-order valence-electron chi connectivity index (χ0n) is 13.3. The molecular formula is C18H23IN2O2. The van der Waals surface area contributed by atoms with Crippen molar-refractivity contribution in [3.63, 3.8) is 0 Å². The maximum Gasteiger partial charge on any atom is 0.254 e. The minimum absolute atomic E-state index is 0.